The Morgan fingerprint density at radius 1 is 1.17 bits per heavy atom. The molecule has 1 spiro atoms. The molecule has 1 aromatic carbocycles. The van der Waals surface area contributed by atoms with E-state index in [-0.39, 0.29) is 12.0 Å². The SMILES string of the molecule is [C-]#[N+]c1ncc(N2C(=O)C3(CCC3)N(c3ccc(OC4CCN(S(C)(=O)=O)CC4)cc3)C2=S)cc1C. The molecule has 2 saturated heterocycles. The summed E-state index contributed by atoms with van der Waals surface area (Å²) in [4.78, 5) is 24.7. The number of carbonyl (C=O) groups excluding carboxylic acids is 1. The Morgan fingerprint density at radius 3 is 2.36 bits per heavy atom. The van der Waals surface area contributed by atoms with E-state index in [2.05, 4.69) is 9.83 Å². The van der Waals surface area contributed by atoms with Gasteiger partial charge in [0.15, 0.2) is 5.11 Å². The van der Waals surface area contributed by atoms with Crippen molar-refractivity contribution in [2.45, 2.75) is 50.7 Å². The molecule has 36 heavy (non-hydrogen) atoms. The predicted molar refractivity (Wildman–Crippen MR) is 141 cm³/mol. The van der Waals surface area contributed by atoms with E-state index in [0.717, 1.165) is 12.1 Å². The van der Waals surface area contributed by atoms with E-state index < -0.39 is 15.6 Å². The molecule has 1 saturated carbocycles. The summed E-state index contributed by atoms with van der Waals surface area (Å²) < 4.78 is 31.1. The van der Waals surface area contributed by atoms with E-state index in [9.17, 15) is 13.2 Å². The van der Waals surface area contributed by atoms with Crippen molar-refractivity contribution >= 4 is 50.5 Å². The van der Waals surface area contributed by atoms with Gasteiger partial charge in [-0.05, 0) is 87.1 Å². The number of ether oxygens (including phenoxy) is 1. The van der Waals surface area contributed by atoms with Crippen molar-refractivity contribution in [2.75, 3.05) is 29.1 Å². The first-order valence-electron chi connectivity index (χ1n) is 11.9. The number of hydrogen-bond acceptors (Lipinski definition) is 6. The molecule has 3 aliphatic rings. The molecule has 5 rings (SSSR count). The van der Waals surface area contributed by atoms with Gasteiger partial charge in [-0.2, -0.15) is 0 Å². The number of benzene rings is 1. The smallest absolute Gasteiger partial charge is 0.272 e. The monoisotopic (exact) mass is 525 g/mol. The minimum atomic E-state index is -3.17. The van der Waals surface area contributed by atoms with Crippen LogP contribution in [0.2, 0.25) is 0 Å². The quantitative estimate of drug-likeness (QED) is 0.433. The van der Waals surface area contributed by atoms with Gasteiger partial charge < -0.3 is 14.5 Å². The Morgan fingerprint density at radius 2 is 1.83 bits per heavy atom. The van der Waals surface area contributed by atoms with Crippen LogP contribution in [-0.4, -0.2) is 59.7 Å². The fraction of sp³-hybridized carbons (Fsp3) is 0.440. The molecule has 0 atom stereocenters. The first-order chi connectivity index (χ1) is 17.1. The molecule has 188 valence electrons. The minimum absolute atomic E-state index is 0.0501. The Hall–Kier alpha value is -3.07. The summed E-state index contributed by atoms with van der Waals surface area (Å²) in [6.45, 7) is 9.94. The highest BCUT2D eigenvalue weighted by Crippen LogP contribution is 2.48. The second-order valence-electron chi connectivity index (χ2n) is 9.56. The summed E-state index contributed by atoms with van der Waals surface area (Å²) in [6, 6.07) is 9.35. The van der Waals surface area contributed by atoms with Gasteiger partial charge >= 0.3 is 0 Å². The van der Waals surface area contributed by atoms with Gasteiger partial charge in [0.1, 0.15) is 23.6 Å². The van der Waals surface area contributed by atoms with Crippen molar-refractivity contribution < 1.29 is 17.9 Å². The molecule has 0 radical (unpaired) electrons. The van der Waals surface area contributed by atoms with Crippen LogP contribution >= 0.6 is 12.2 Å². The fourth-order valence-electron chi connectivity index (χ4n) is 5.15. The lowest BCUT2D eigenvalue weighted by atomic mass is 9.75. The van der Waals surface area contributed by atoms with E-state index in [1.165, 1.54) is 16.8 Å². The van der Waals surface area contributed by atoms with E-state index in [1.807, 2.05) is 29.2 Å². The van der Waals surface area contributed by atoms with Gasteiger partial charge in [0.05, 0.1) is 11.9 Å². The zero-order valence-corrected chi connectivity index (χ0v) is 21.8. The lowest BCUT2D eigenvalue weighted by molar-refractivity contribution is -0.123. The van der Waals surface area contributed by atoms with Crippen LogP contribution in [-0.2, 0) is 14.8 Å². The molecular formula is C25H27N5O4S2. The maximum Gasteiger partial charge on any atom is 0.272 e. The maximum atomic E-state index is 13.6. The highest BCUT2D eigenvalue weighted by Gasteiger charge is 2.59. The predicted octanol–water partition coefficient (Wildman–Crippen LogP) is 3.80. The molecule has 11 heteroatoms. The molecular weight excluding hydrogens is 498 g/mol. The molecule has 2 aliphatic heterocycles. The average Bonchev–Trinajstić information content (AvgIpc) is 3.06. The molecule has 0 N–H and O–H groups in total. The summed E-state index contributed by atoms with van der Waals surface area (Å²) in [5.74, 6) is 0.944. The van der Waals surface area contributed by atoms with E-state index >= 15 is 0 Å². The average molecular weight is 526 g/mol. The first kappa shape index (κ1) is 24.6. The summed E-state index contributed by atoms with van der Waals surface area (Å²) >= 11 is 5.82. The van der Waals surface area contributed by atoms with Gasteiger partial charge in [-0.25, -0.2) is 12.7 Å². The zero-order valence-electron chi connectivity index (χ0n) is 20.2. The third kappa shape index (κ3) is 4.13. The highest BCUT2D eigenvalue weighted by atomic mass is 32.2. The molecule has 3 fully saturated rings. The zero-order chi connectivity index (χ0) is 25.7. The van der Waals surface area contributed by atoms with Crippen molar-refractivity contribution in [1.29, 1.82) is 0 Å². The van der Waals surface area contributed by atoms with Gasteiger partial charge in [-0.3, -0.25) is 9.69 Å². The number of pyridine rings is 1. The number of thiocarbonyl (C=S) groups is 1. The van der Waals surface area contributed by atoms with Crippen LogP contribution in [0.4, 0.5) is 17.2 Å². The Bertz CT molecular complexity index is 1360. The van der Waals surface area contributed by atoms with Crippen LogP contribution in [0.15, 0.2) is 36.5 Å². The third-order valence-corrected chi connectivity index (χ3v) is 8.93. The molecule has 1 amide bonds. The van der Waals surface area contributed by atoms with Crippen molar-refractivity contribution in [3.8, 4) is 5.75 Å². The molecule has 3 heterocycles. The highest BCUT2D eigenvalue weighted by molar-refractivity contribution is 7.88. The summed E-state index contributed by atoms with van der Waals surface area (Å²) in [6.07, 6.45) is 6.36. The maximum absolute atomic E-state index is 13.6. The molecule has 1 aromatic heterocycles. The third-order valence-electron chi connectivity index (χ3n) is 7.26. The number of aryl methyl sites for hydroxylation is 1. The number of hydrogen-bond donors (Lipinski definition) is 0. The number of sulfonamides is 1. The van der Waals surface area contributed by atoms with Gasteiger partial charge in [0.25, 0.3) is 11.7 Å². The van der Waals surface area contributed by atoms with Gasteiger partial charge in [0.2, 0.25) is 10.0 Å². The minimum Gasteiger partial charge on any atom is -0.490 e. The Balaban J connectivity index is 1.35. The second-order valence-corrected chi connectivity index (χ2v) is 11.9. The summed E-state index contributed by atoms with van der Waals surface area (Å²) in [7, 11) is -3.17. The van der Waals surface area contributed by atoms with Gasteiger partial charge in [-0.15, -0.1) is 4.98 Å². The van der Waals surface area contributed by atoms with E-state index in [1.54, 1.807) is 17.9 Å². The molecule has 2 aromatic rings. The second kappa shape index (κ2) is 9.10. The van der Waals surface area contributed by atoms with Crippen LogP contribution in [0.3, 0.4) is 0 Å². The van der Waals surface area contributed by atoms with Crippen LogP contribution in [0, 0.1) is 13.5 Å². The van der Waals surface area contributed by atoms with Gasteiger partial charge in [-0.1, -0.05) is 6.57 Å². The number of piperidine rings is 1. The molecule has 0 unspecified atom stereocenters. The van der Waals surface area contributed by atoms with Gasteiger partial charge in [0, 0.05) is 18.8 Å². The lowest BCUT2D eigenvalue weighted by Crippen LogP contribution is -2.55. The number of nitrogens with zero attached hydrogens (tertiary/aromatic N) is 5. The van der Waals surface area contributed by atoms with Crippen LogP contribution in [0.5, 0.6) is 5.75 Å². The summed E-state index contributed by atoms with van der Waals surface area (Å²) in [5, 5.41) is 0.401. The number of aromatic nitrogens is 1. The van der Waals surface area contributed by atoms with Crippen molar-refractivity contribution in [3.05, 3.63) is 53.5 Å². The largest absolute Gasteiger partial charge is 0.490 e. The molecule has 1 aliphatic carbocycles. The summed E-state index contributed by atoms with van der Waals surface area (Å²) in [5.41, 5.74) is 1.38. The van der Waals surface area contributed by atoms with Crippen molar-refractivity contribution in [1.82, 2.24) is 9.29 Å². The standard InChI is InChI=1S/C25H27N5O4S2/c1-17-15-19(16-27-22(17)26-2)29-23(31)25(11-4-12-25)30(24(29)35)18-5-7-20(8-6-18)34-21-9-13-28(14-10-21)36(3,32)33/h5-8,15-16,21H,4,9-14H2,1,3H3. The van der Waals surface area contributed by atoms with Crippen LogP contribution in [0.1, 0.15) is 37.7 Å². The van der Waals surface area contributed by atoms with Crippen molar-refractivity contribution in [3.63, 3.8) is 0 Å². The molecule has 9 nitrogen and oxygen atoms in total. The van der Waals surface area contributed by atoms with E-state index in [4.69, 9.17) is 23.5 Å². The van der Waals surface area contributed by atoms with Crippen LogP contribution in [0.25, 0.3) is 4.85 Å². The number of anilines is 2. The van der Waals surface area contributed by atoms with E-state index in [0.29, 0.717) is 66.7 Å². The first-order valence-corrected chi connectivity index (χ1v) is 14.1. The van der Waals surface area contributed by atoms with Crippen molar-refractivity contribution in [2.24, 2.45) is 0 Å². The normalized spacial score (nSPS) is 20.5. The number of rotatable bonds is 5. The number of amides is 1. The topological polar surface area (TPSA) is 87.4 Å². The Labute approximate surface area is 216 Å². The van der Waals surface area contributed by atoms with Crippen LogP contribution < -0.4 is 14.5 Å². The lowest BCUT2D eigenvalue weighted by Gasteiger charge is -2.43. The fourth-order valence-corrected chi connectivity index (χ4v) is 6.49. The number of carbonyl (C=O) groups is 1. The Kier molecular flexibility index (Phi) is 6.22. The molecule has 0 bridgehead atoms.